The van der Waals surface area contributed by atoms with Crippen LogP contribution in [0.25, 0.3) is 0 Å². The summed E-state index contributed by atoms with van der Waals surface area (Å²) in [6, 6.07) is 1.02. The van der Waals surface area contributed by atoms with Crippen LogP contribution < -0.4 is 5.32 Å². The van der Waals surface area contributed by atoms with E-state index in [9.17, 15) is 4.79 Å². The summed E-state index contributed by atoms with van der Waals surface area (Å²) in [5.41, 5.74) is -0.442. The van der Waals surface area contributed by atoms with Gasteiger partial charge in [0.15, 0.2) is 0 Å². The molecule has 19 heavy (non-hydrogen) atoms. The van der Waals surface area contributed by atoms with Crippen LogP contribution in [-0.4, -0.2) is 55.0 Å². The number of methoxy groups -OCH3 is 1. The van der Waals surface area contributed by atoms with Crippen molar-refractivity contribution in [3.63, 3.8) is 0 Å². The number of ether oxygens (including phenoxy) is 2. The van der Waals surface area contributed by atoms with Crippen LogP contribution in [0.15, 0.2) is 0 Å². The van der Waals surface area contributed by atoms with E-state index in [1.807, 2.05) is 20.8 Å². The molecule has 5 heteroatoms. The number of hydrogen-bond acceptors (Lipinski definition) is 4. The quantitative estimate of drug-likeness (QED) is 0.849. The zero-order valence-corrected chi connectivity index (χ0v) is 12.4. The fraction of sp³-hybridized carbons (Fsp3) is 0.929. The molecule has 1 amide bonds. The number of amides is 1. The molecule has 110 valence electrons. The van der Waals surface area contributed by atoms with E-state index in [1.54, 1.807) is 12.0 Å². The predicted octanol–water partition coefficient (Wildman–Crippen LogP) is 1.76. The van der Waals surface area contributed by atoms with E-state index >= 15 is 0 Å². The highest BCUT2D eigenvalue weighted by Crippen LogP contribution is 2.24. The Morgan fingerprint density at radius 1 is 1.26 bits per heavy atom. The number of carbonyl (C=O) groups excluding carboxylic acids is 1. The first-order valence-corrected chi connectivity index (χ1v) is 7.16. The lowest BCUT2D eigenvalue weighted by Crippen LogP contribution is -2.55. The minimum Gasteiger partial charge on any atom is -0.444 e. The Morgan fingerprint density at radius 2 is 1.95 bits per heavy atom. The Kier molecular flexibility index (Phi) is 4.36. The second kappa shape index (κ2) is 5.67. The molecule has 0 radical (unpaired) electrons. The van der Waals surface area contributed by atoms with Gasteiger partial charge in [0.1, 0.15) is 5.60 Å². The van der Waals surface area contributed by atoms with Crippen molar-refractivity contribution in [2.75, 3.05) is 20.2 Å². The van der Waals surface area contributed by atoms with Gasteiger partial charge in [-0.2, -0.15) is 0 Å². The summed E-state index contributed by atoms with van der Waals surface area (Å²) in [7, 11) is 1.71. The zero-order valence-electron chi connectivity index (χ0n) is 12.4. The number of hydrogen-bond donors (Lipinski definition) is 1. The van der Waals surface area contributed by atoms with E-state index in [0.717, 1.165) is 13.0 Å². The van der Waals surface area contributed by atoms with Gasteiger partial charge in [0.2, 0.25) is 0 Å². The molecular weight excluding hydrogens is 244 g/mol. The van der Waals surface area contributed by atoms with E-state index in [4.69, 9.17) is 9.47 Å². The first kappa shape index (κ1) is 14.6. The molecule has 0 aromatic carbocycles. The van der Waals surface area contributed by atoms with Gasteiger partial charge in [-0.15, -0.1) is 0 Å². The molecule has 0 bridgehead atoms. The third-order valence-electron chi connectivity index (χ3n) is 3.54. The molecule has 1 saturated carbocycles. The van der Waals surface area contributed by atoms with Crippen molar-refractivity contribution < 1.29 is 14.3 Å². The van der Waals surface area contributed by atoms with Crippen LogP contribution in [0.2, 0.25) is 0 Å². The number of carbonyl (C=O) groups is 1. The molecule has 0 unspecified atom stereocenters. The zero-order chi connectivity index (χ0) is 14.0. The number of likely N-dealkylation sites (tertiary alicyclic amines) is 1. The lowest BCUT2D eigenvalue weighted by molar-refractivity contribution is -0.0184. The smallest absolute Gasteiger partial charge is 0.410 e. The van der Waals surface area contributed by atoms with Crippen molar-refractivity contribution in [2.45, 2.75) is 63.8 Å². The van der Waals surface area contributed by atoms with Crippen molar-refractivity contribution >= 4 is 6.09 Å². The summed E-state index contributed by atoms with van der Waals surface area (Å²) in [5.74, 6) is 0. The third-order valence-corrected chi connectivity index (χ3v) is 3.54. The molecule has 5 nitrogen and oxygen atoms in total. The minimum absolute atomic E-state index is 0.0573. The second-order valence-electron chi connectivity index (χ2n) is 6.54. The van der Waals surface area contributed by atoms with Crippen LogP contribution in [0.4, 0.5) is 4.79 Å². The van der Waals surface area contributed by atoms with Crippen molar-refractivity contribution in [1.82, 2.24) is 10.2 Å². The van der Waals surface area contributed by atoms with Crippen molar-refractivity contribution in [1.29, 1.82) is 0 Å². The lowest BCUT2D eigenvalue weighted by atomic mass is 10.0. The van der Waals surface area contributed by atoms with Crippen LogP contribution in [0.1, 0.15) is 40.0 Å². The summed E-state index contributed by atoms with van der Waals surface area (Å²) >= 11 is 0. The molecule has 2 atom stereocenters. The summed E-state index contributed by atoms with van der Waals surface area (Å²) in [5, 5.41) is 3.60. The maximum Gasteiger partial charge on any atom is 0.410 e. The van der Waals surface area contributed by atoms with Crippen LogP contribution in [0.3, 0.4) is 0 Å². The minimum atomic E-state index is -0.442. The largest absolute Gasteiger partial charge is 0.444 e. The summed E-state index contributed by atoms with van der Waals surface area (Å²) in [6.07, 6.45) is 3.28. The van der Waals surface area contributed by atoms with Gasteiger partial charge >= 0.3 is 6.09 Å². The average Bonchev–Trinajstić information content (AvgIpc) is 3.11. The van der Waals surface area contributed by atoms with Gasteiger partial charge in [0, 0.05) is 25.7 Å². The molecule has 1 aliphatic heterocycles. The van der Waals surface area contributed by atoms with Gasteiger partial charge < -0.3 is 19.7 Å². The molecule has 1 aliphatic carbocycles. The Balaban J connectivity index is 1.86. The topological polar surface area (TPSA) is 50.8 Å². The number of piperidine rings is 1. The van der Waals surface area contributed by atoms with Gasteiger partial charge in [-0.25, -0.2) is 4.79 Å². The molecule has 2 aliphatic rings. The van der Waals surface area contributed by atoms with E-state index in [-0.39, 0.29) is 12.2 Å². The maximum absolute atomic E-state index is 12.0. The molecule has 1 N–H and O–H groups in total. The SMILES string of the molecule is CO[C@@H]1CN(C(=O)OC(C)(C)C)CC[C@@H]1NC1CC1. The van der Waals surface area contributed by atoms with Crippen molar-refractivity contribution in [2.24, 2.45) is 0 Å². The number of nitrogens with zero attached hydrogens (tertiary/aromatic N) is 1. The Bertz CT molecular complexity index is 323. The highest BCUT2D eigenvalue weighted by Gasteiger charge is 2.36. The fourth-order valence-corrected chi connectivity index (χ4v) is 2.39. The van der Waals surface area contributed by atoms with Crippen molar-refractivity contribution in [3.8, 4) is 0 Å². The van der Waals surface area contributed by atoms with Gasteiger partial charge in [-0.3, -0.25) is 0 Å². The molecule has 0 aromatic rings. The summed E-state index contributed by atoms with van der Waals surface area (Å²) in [4.78, 5) is 13.8. The summed E-state index contributed by atoms with van der Waals surface area (Å²) < 4.78 is 10.9. The highest BCUT2D eigenvalue weighted by atomic mass is 16.6. The van der Waals surface area contributed by atoms with E-state index in [2.05, 4.69) is 5.32 Å². The maximum atomic E-state index is 12.0. The van der Waals surface area contributed by atoms with E-state index in [0.29, 0.717) is 18.6 Å². The van der Waals surface area contributed by atoms with Gasteiger partial charge in [0.05, 0.1) is 12.6 Å². The van der Waals surface area contributed by atoms with E-state index in [1.165, 1.54) is 12.8 Å². The fourth-order valence-electron chi connectivity index (χ4n) is 2.39. The normalized spacial score (nSPS) is 28.3. The van der Waals surface area contributed by atoms with Crippen molar-refractivity contribution in [3.05, 3.63) is 0 Å². The van der Waals surface area contributed by atoms with Gasteiger partial charge in [-0.05, 0) is 40.0 Å². The first-order chi connectivity index (χ1) is 8.89. The standard InChI is InChI=1S/C14H26N2O3/c1-14(2,3)19-13(17)16-8-7-11(12(9-16)18-4)15-10-5-6-10/h10-12,15H,5-9H2,1-4H3/t11-,12+/m0/s1. The highest BCUT2D eigenvalue weighted by molar-refractivity contribution is 5.68. The summed E-state index contributed by atoms with van der Waals surface area (Å²) in [6.45, 7) is 7.01. The van der Waals surface area contributed by atoms with Crippen LogP contribution >= 0.6 is 0 Å². The average molecular weight is 270 g/mol. The Hall–Kier alpha value is -0.810. The molecular formula is C14H26N2O3. The van der Waals surface area contributed by atoms with Gasteiger partial charge in [-0.1, -0.05) is 0 Å². The molecule has 2 rings (SSSR count). The molecule has 0 aromatic heterocycles. The Labute approximate surface area is 115 Å². The van der Waals surface area contributed by atoms with E-state index < -0.39 is 5.60 Å². The predicted molar refractivity (Wildman–Crippen MR) is 73.2 cm³/mol. The first-order valence-electron chi connectivity index (χ1n) is 7.16. The molecule has 1 saturated heterocycles. The Morgan fingerprint density at radius 3 is 2.47 bits per heavy atom. The third kappa shape index (κ3) is 4.35. The molecule has 1 heterocycles. The van der Waals surface area contributed by atoms with Crippen LogP contribution in [0, 0.1) is 0 Å². The number of rotatable bonds is 3. The molecule has 2 fully saturated rings. The monoisotopic (exact) mass is 270 g/mol. The number of nitrogens with one attached hydrogen (secondary N) is 1. The van der Waals surface area contributed by atoms with Crippen LogP contribution in [-0.2, 0) is 9.47 Å². The van der Waals surface area contributed by atoms with Gasteiger partial charge in [0.25, 0.3) is 0 Å². The lowest BCUT2D eigenvalue weighted by Gasteiger charge is -2.38. The van der Waals surface area contributed by atoms with Crippen LogP contribution in [0.5, 0.6) is 0 Å². The second-order valence-corrected chi connectivity index (χ2v) is 6.54. The molecule has 0 spiro atoms.